The van der Waals surface area contributed by atoms with Crippen molar-refractivity contribution in [3.63, 3.8) is 0 Å². The average molecular weight is 385 g/mol. The van der Waals surface area contributed by atoms with E-state index in [9.17, 15) is 9.18 Å². The molecule has 5 heteroatoms. The lowest BCUT2D eigenvalue weighted by atomic mass is 9.83. The number of hydrogen-bond donors (Lipinski definition) is 1. The Kier molecular flexibility index (Phi) is 6.22. The highest BCUT2D eigenvalue weighted by atomic mass is 19.1. The number of carbonyl (C=O) groups is 1. The van der Waals surface area contributed by atoms with Crippen molar-refractivity contribution in [2.45, 2.75) is 64.2 Å². The molecule has 0 aliphatic carbocycles. The second-order valence-corrected chi connectivity index (χ2v) is 7.24. The van der Waals surface area contributed by atoms with Gasteiger partial charge in [-0.05, 0) is 37.5 Å². The fourth-order valence-electron chi connectivity index (χ4n) is 3.71. The maximum absolute atomic E-state index is 13.9. The number of ether oxygens (including phenoxy) is 2. The Morgan fingerprint density at radius 2 is 1.86 bits per heavy atom. The van der Waals surface area contributed by atoms with Crippen LogP contribution in [-0.2, 0) is 4.79 Å². The molecule has 1 amide bonds. The van der Waals surface area contributed by atoms with Crippen molar-refractivity contribution in [3.8, 4) is 11.5 Å². The van der Waals surface area contributed by atoms with Gasteiger partial charge in [0.25, 0.3) is 5.91 Å². The number of hydrogen-bond acceptors (Lipinski definition) is 3. The molecule has 0 unspecified atom stereocenters. The fraction of sp³-hybridized carbons (Fsp3) is 0.435. The third-order valence-electron chi connectivity index (χ3n) is 5.57. The standard InChI is InChI=1S/C23H28FNO3/c1-4-19(27-21-14-10-8-12-17(21)24)22(26)25-18-15-23(5-2,6-3)28-20-13-9-7-11-16(18)20/h7-14,18-19H,4-6,15H2,1-3H3,(H,25,26)/t18-,19-/m0/s1. The summed E-state index contributed by atoms with van der Waals surface area (Å²) in [6, 6.07) is 13.8. The van der Waals surface area contributed by atoms with Gasteiger partial charge in [-0.2, -0.15) is 0 Å². The molecule has 1 heterocycles. The van der Waals surface area contributed by atoms with Gasteiger partial charge in [0.15, 0.2) is 17.7 Å². The van der Waals surface area contributed by atoms with E-state index in [4.69, 9.17) is 9.47 Å². The summed E-state index contributed by atoms with van der Waals surface area (Å²) in [6.07, 6.45) is 2.08. The van der Waals surface area contributed by atoms with E-state index in [1.54, 1.807) is 12.1 Å². The molecule has 1 aliphatic rings. The van der Waals surface area contributed by atoms with E-state index < -0.39 is 11.9 Å². The van der Waals surface area contributed by atoms with Crippen LogP contribution in [0, 0.1) is 5.82 Å². The number of amides is 1. The first-order chi connectivity index (χ1) is 13.5. The van der Waals surface area contributed by atoms with Crippen LogP contribution in [0.15, 0.2) is 48.5 Å². The van der Waals surface area contributed by atoms with Gasteiger partial charge in [-0.25, -0.2) is 4.39 Å². The molecule has 4 nitrogen and oxygen atoms in total. The van der Waals surface area contributed by atoms with Gasteiger partial charge < -0.3 is 14.8 Å². The maximum atomic E-state index is 13.9. The van der Waals surface area contributed by atoms with E-state index in [0.29, 0.717) is 12.8 Å². The lowest BCUT2D eigenvalue weighted by Gasteiger charge is -2.42. The van der Waals surface area contributed by atoms with Crippen LogP contribution >= 0.6 is 0 Å². The van der Waals surface area contributed by atoms with Crippen molar-refractivity contribution >= 4 is 5.91 Å². The number of halogens is 1. The first-order valence-corrected chi connectivity index (χ1v) is 10.0. The van der Waals surface area contributed by atoms with E-state index >= 15 is 0 Å². The summed E-state index contributed by atoms with van der Waals surface area (Å²) in [5.74, 6) is 0.189. The molecule has 0 saturated carbocycles. The summed E-state index contributed by atoms with van der Waals surface area (Å²) in [5, 5.41) is 3.12. The van der Waals surface area contributed by atoms with Crippen LogP contribution in [-0.4, -0.2) is 17.6 Å². The van der Waals surface area contributed by atoms with Gasteiger partial charge in [-0.1, -0.05) is 51.1 Å². The normalized spacial score (nSPS) is 18.5. The summed E-state index contributed by atoms with van der Waals surface area (Å²) >= 11 is 0. The number of rotatable bonds is 7. The summed E-state index contributed by atoms with van der Waals surface area (Å²) in [7, 11) is 0. The zero-order chi connectivity index (χ0) is 20.1. The first-order valence-electron chi connectivity index (χ1n) is 10.0. The lowest BCUT2D eigenvalue weighted by Crippen LogP contribution is -2.47. The third kappa shape index (κ3) is 4.13. The Bertz CT molecular complexity index is 819. The van der Waals surface area contributed by atoms with Crippen molar-refractivity contribution in [2.24, 2.45) is 0 Å². The zero-order valence-corrected chi connectivity index (χ0v) is 16.7. The predicted molar refractivity (Wildman–Crippen MR) is 107 cm³/mol. The average Bonchev–Trinajstić information content (AvgIpc) is 2.72. The van der Waals surface area contributed by atoms with Crippen LogP contribution in [0.2, 0.25) is 0 Å². The van der Waals surface area contributed by atoms with Gasteiger partial charge in [-0.15, -0.1) is 0 Å². The summed E-state index contributed by atoms with van der Waals surface area (Å²) in [5.41, 5.74) is 0.662. The predicted octanol–water partition coefficient (Wildman–Crippen LogP) is 5.18. The second-order valence-electron chi connectivity index (χ2n) is 7.24. The SMILES string of the molecule is CC[C@H](Oc1ccccc1F)C(=O)N[C@H]1CC(CC)(CC)Oc2ccccc21. The van der Waals surface area contributed by atoms with E-state index in [1.807, 2.05) is 31.2 Å². The number of para-hydroxylation sites is 2. The minimum absolute atomic E-state index is 0.0911. The summed E-state index contributed by atoms with van der Waals surface area (Å²) in [4.78, 5) is 13.0. The highest BCUT2D eigenvalue weighted by Gasteiger charge is 2.39. The van der Waals surface area contributed by atoms with Gasteiger partial charge in [0, 0.05) is 12.0 Å². The fourth-order valence-corrected chi connectivity index (χ4v) is 3.71. The van der Waals surface area contributed by atoms with E-state index in [0.717, 1.165) is 24.2 Å². The number of nitrogens with one attached hydrogen (secondary N) is 1. The van der Waals surface area contributed by atoms with E-state index in [2.05, 4.69) is 19.2 Å². The van der Waals surface area contributed by atoms with Gasteiger partial charge in [0.1, 0.15) is 11.4 Å². The summed E-state index contributed by atoms with van der Waals surface area (Å²) in [6.45, 7) is 6.06. The van der Waals surface area contributed by atoms with Gasteiger partial charge in [0.2, 0.25) is 0 Å². The smallest absolute Gasteiger partial charge is 0.261 e. The number of carbonyl (C=O) groups excluding carboxylic acids is 1. The monoisotopic (exact) mass is 385 g/mol. The molecule has 0 spiro atoms. The molecule has 1 N–H and O–H groups in total. The minimum atomic E-state index is -0.760. The lowest BCUT2D eigenvalue weighted by molar-refractivity contribution is -0.129. The highest BCUT2D eigenvalue weighted by molar-refractivity contribution is 5.81. The highest BCUT2D eigenvalue weighted by Crippen LogP contribution is 2.42. The molecule has 0 saturated heterocycles. The summed E-state index contributed by atoms with van der Waals surface area (Å²) < 4.78 is 25.9. The number of benzene rings is 2. The van der Waals surface area contributed by atoms with Gasteiger partial charge in [0.05, 0.1) is 6.04 Å². The van der Waals surface area contributed by atoms with E-state index in [-0.39, 0.29) is 23.3 Å². The van der Waals surface area contributed by atoms with Crippen LogP contribution in [0.3, 0.4) is 0 Å². The molecular formula is C23H28FNO3. The molecule has 0 fully saturated rings. The van der Waals surface area contributed by atoms with Gasteiger partial charge >= 0.3 is 0 Å². The van der Waals surface area contributed by atoms with Crippen molar-refractivity contribution < 1.29 is 18.7 Å². The molecule has 1 aliphatic heterocycles. The Morgan fingerprint density at radius 1 is 1.18 bits per heavy atom. The van der Waals surface area contributed by atoms with Crippen molar-refractivity contribution in [3.05, 3.63) is 59.9 Å². The Balaban J connectivity index is 1.80. The number of fused-ring (bicyclic) bond motifs is 1. The molecule has 0 bridgehead atoms. The third-order valence-corrected chi connectivity index (χ3v) is 5.57. The molecule has 2 aromatic carbocycles. The van der Waals surface area contributed by atoms with Crippen molar-refractivity contribution in [2.75, 3.05) is 0 Å². The topological polar surface area (TPSA) is 47.6 Å². The molecule has 150 valence electrons. The minimum Gasteiger partial charge on any atom is -0.487 e. The van der Waals surface area contributed by atoms with Crippen molar-refractivity contribution in [1.82, 2.24) is 5.32 Å². The molecule has 2 atom stereocenters. The van der Waals surface area contributed by atoms with Crippen LogP contribution in [0.5, 0.6) is 11.5 Å². The Labute approximate surface area is 166 Å². The Hall–Kier alpha value is -2.56. The second kappa shape index (κ2) is 8.63. The largest absolute Gasteiger partial charge is 0.487 e. The first kappa shape index (κ1) is 20.2. The van der Waals surface area contributed by atoms with E-state index in [1.165, 1.54) is 12.1 Å². The van der Waals surface area contributed by atoms with Gasteiger partial charge in [-0.3, -0.25) is 4.79 Å². The van der Waals surface area contributed by atoms with Crippen LogP contribution in [0.4, 0.5) is 4.39 Å². The molecule has 28 heavy (non-hydrogen) atoms. The van der Waals surface area contributed by atoms with Crippen LogP contribution < -0.4 is 14.8 Å². The molecule has 3 rings (SSSR count). The maximum Gasteiger partial charge on any atom is 0.261 e. The molecular weight excluding hydrogens is 357 g/mol. The molecule has 0 radical (unpaired) electrons. The zero-order valence-electron chi connectivity index (χ0n) is 16.7. The molecule has 0 aromatic heterocycles. The Morgan fingerprint density at radius 3 is 2.54 bits per heavy atom. The van der Waals surface area contributed by atoms with Crippen LogP contribution in [0.1, 0.15) is 58.1 Å². The van der Waals surface area contributed by atoms with Crippen LogP contribution in [0.25, 0.3) is 0 Å². The quantitative estimate of drug-likeness (QED) is 0.714. The van der Waals surface area contributed by atoms with Crippen molar-refractivity contribution in [1.29, 1.82) is 0 Å². The molecule has 2 aromatic rings.